The molecule has 1 aromatic carbocycles. The van der Waals surface area contributed by atoms with E-state index in [0.717, 1.165) is 0 Å². The Labute approximate surface area is 102 Å². The van der Waals surface area contributed by atoms with E-state index in [9.17, 15) is 14.9 Å². The number of carbonyl (C=O) groups excluding carboxylic acids is 1. The van der Waals surface area contributed by atoms with Crippen LogP contribution in [0.25, 0.3) is 0 Å². The number of Topliss-reactive ketones (excluding diaryl/α,β-unsaturated/α-hetero) is 1. The molecule has 0 aliphatic heterocycles. The number of nitro benzene ring substituents is 1. The van der Waals surface area contributed by atoms with E-state index < -0.39 is 4.92 Å². The number of hydrogen-bond acceptors (Lipinski definition) is 3. The lowest BCUT2D eigenvalue weighted by Gasteiger charge is -2.03. The minimum Gasteiger partial charge on any atom is -0.294 e. The number of halogens is 2. The van der Waals surface area contributed by atoms with Crippen molar-refractivity contribution in [3.8, 4) is 0 Å². The van der Waals surface area contributed by atoms with Crippen LogP contribution in [-0.2, 0) is 0 Å². The quantitative estimate of drug-likeness (QED) is 0.348. The highest BCUT2D eigenvalue weighted by molar-refractivity contribution is 14.1. The summed E-state index contributed by atoms with van der Waals surface area (Å²) in [6, 6.07) is 2.88. The van der Waals surface area contributed by atoms with Gasteiger partial charge >= 0.3 is 0 Å². The van der Waals surface area contributed by atoms with Crippen LogP contribution in [0.1, 0.15) is 17.3 Å². The van der Waals surface area contributed by atoms with Gasteiger partial charge in [-0.05, 0) is 35.6 Å². The third kappa shape index (κ3) is 2.11. The molecule has 0 aliphatic rings. The molecule has 0 spiro atoms. The fourth-order valence-corrected chi connectivity index (χ4v) is 3.03. The van der Waals surface area contributed by atoms with Gasteiger partial charge in [-0.25, -0.2) is 0 Å². The lowest BCUT2D eigenvalue weighted by Crippen LogP contribution is -2.01. The molecule has 4 nitrogen and oxygen atoms in total. The van der Waals surface area contributed by atoms with E-state index in [-0.39, 0.29) is 11.5 Å². The second-order valence-electron chi connectivity index (χ2n) is 2.57. The van der Waals surface area contributed by atoms with Gasteiger partial charge in [0.2, 0.25) is 0 Å². The number of hydrogen-bond donors (Lipinski definition) is 0. The van der Waals surface area contributed by atoms with Crippen LogP contribution in [0.15, 0.2) is 16.6 Å². The first-order chi connectivity index (χ1) is 6.45. The first kappa shape index (κ1) is 11.6. The summed E-state index contributed by atoms with van der Waals surface area (Å²) < 4.78 is 0.953. The van der Waals surface area contributed by atoms with Crippen molar-refractivity contribution < 1.29 is 9.72 Å². The SMILES string of the molecule is CC(=O)c1c(Br)ccc([N+](=O)[O-])c1I. The maximum Gasteiger partial charge on any atom is 0.283 e. The van der Waals surface area contributed by atoms with Gasteiger partial charge in [0.05, 0.1) is 10.5 Å². The van der Waals surface area contributed by atoms with E-state index in [2.05, 4.69) is 15.9 Å². The Bertz CT molecular complexity index is 419. The van der Waals surface area contributed by atoms with Crippen molar-refractivity contribution in [1.82, 2.24) is 0 Å². The van der Waals surface area contributed by atoms with Gasteiger partial charge in [-0.3, -0.25) is 14.9 Å². The van der Waals surface area contributed by atoms with Gasteiger partial charge in [-0.1, -0.05) is 15.9 Å². The summed E-state index contributed by atoms with van der Waals surface area (Å²) in [7, 11) is 0. The van der Waals surface area contributed by atoms with Gasteiger partial charge in [0.1, 0.15) is 3.57 Å². The van der Waals surface area contributed by atoms with Gasteiger partial charge in [0.15, 0.2) is 5.78 Å². The van der Waals surface area contributed by atoms with Gasteiger partial charge in [-0.2, -0.15) is 0 Å². The van der Waals surface area contributed by atoms with E-state index in [4.69, 9.17) is 0 Å². The predicted octanol–water partition coefficient (Wildman–Crippen LogP) is 3.16. The molecule has 0 saturated heterocycles. The van der Waals surface area contributed by atoms with Crippen LogP contribution < -0.4 is 0 Å². The van der Waals surface area contributed by atoms with Crippen LogP contribution in [0.2, 0.25) is 0 Å². The Morgan fingerprint density at radius 3 is 2.57 bits per heavy atom. The molecule has 0 amide bonds. The summed E-state index contributed by atoms with van der Waals surface area (Å²) in [4.78, 5) is 21.3. The molecule has 6 heteroatoms. The molecule has 0 bridgehead atoms. The van der Waals surface area contributed by atoms with Crippen LogP contribution in [0.5, 0.6) is 0 Å². The number of nitro groups is 1. The van der Waals surface area contributed by atoms with Crippen molar-refractivity contribution in [3.63, 3.8) is 0 Å². The summed E-state index contributed by atoms with van der Waals surface area (Å²) in [5.41, 5.74) is 0.318. The lowest BCUT2D eigenvalue weighted by molar-refractivity contribution is -0.385. The molecule has 1 aromatic rings. The molecule has 0 aromatic heterocycles. The van der Waals surface area contributed by atoms with Crippen LogP contribution >= 0.6 is 38.5 Å². The first-order valence-corrected chi connectivity index (χ1v) is 5.45. The normalized spacial score (nSPS) is 9.93. The number of nitrogens with zero attached hydrogens (tertiary/aromatic N) is 1. The van der Waals surface area contributed by atoms with Crippen molar-refractivity contribution in [2.24, 2.45) is 0 Å². The van der Waals surface area contributed by atoms with Crippen LogP contribution in [0.3, 0.4) is 0 Å². The third-order valence-corrected chi connectivity index (χ3v) is 3.37. The Hall–Kier alpha value is -0.500. The zero-order chi connectivity index (χ0) is 10.9. The Kier molecular flexibility index (Phi) is 3.59. The summed E-state index contributed by atoms with van der Waals surface area (Å²) in [5.74, 6) is -0.190. The maximum absolute atomic E-state index is 11.2. The minimum atomic E-state index is -0.499. The molecule has 0 atom stereocenters. The predicted molar refractivity (Wildman–Crippen MR) is 63.5 cm³/mol. The smallest absolute Gasteiger partial charge is 0.283 e. The van der Waals surface area contributed by atoms with E-state index in [0.29, 0.717) is 13.6 Å². The summed E-state index contributed by atoms with van der Waals surface area (Å²) in [6.07, 6.45) is 0. The van der Waals surface area contributed by atoms with E-state index >= 15 is 0 Å². The van der Waals surface area contributed by atoms with Gasteiger partial charge in [0.25, 0.3) is 5.69 Å². The van der Waals surface area contributed by atoms with Gasteiger partial charge < -0.3 is 0 Å². The van der Waals surface area contributed by atoms with Crippen molar-refractivity contribution in [2.75, 3.05) is 0 Å². The molecule has 0 unspecified atom stereocenters. The average Bonchev–Trinajstić information content (AvgIpc) is 2.02. The van der Waals surface area contributed by atoms with Crippen LogP contribution in [0, 0.1) is 13.7 Å². The van der Waals surface area contributed by atoms with Crippen molar-refractivity contribution in [2.45, 2.75) is 6.92 Å². The first-order valence-electron chi connectivity index (χ1n) is 3.58. The summed E-state index contributed by atoms with van der Waals surface area (Å²) in [6.45, 7) is 1.38. The molecule has 74 valence electrons. The molecule has 0 N–H and O–H groups in total. The molecule has 0 aliphatic carbocycles. The summed E-state index contributed by atoms with van der Waals surface area (Å²) >= 11 is 4.99. The highest BCUT2D eigenvalue weighted by Gasteiger charge is 2.20. The van der Waals surface area contributed by atoms with Crippen LogP contribution in [0.4, 0.5) is 5.69 Å². The molecule has 0 saturated carbocycles. The van der Waals surface area contributed by atoms with E-state index in [1.165, 1.54) is 19.1 Å². The number of ketones is 1. The topological polar surface area (TPSA) is 60.2 Å². The highest BCUT2D eigenvalue weighted by atomic mass is 127. The molecule has 14 heavy (non-hydrogen) atoms. The zero-order valence-electron chi connectivity index (χ0n) is 7.08. The molecular formula is C8H5BrINO3. The second-order valence-corrected chi connectivity index (χ2v) is 4.50. The number of benzene rings is 1. The molecular weight excluding hydrogens is 365 g/mol. The van der Waals surface area contributed by atoms with Crippen molar-refractivity contribution >= 4 is 50.0 Å². The lowest BCUT2D eigenvalue weighted by atomic mass is 10.1. The number of rotatable bonds is 2. The Morgan fingerprint density at radius 2 is 2.14 bits per heavy atom. The number of carbonyl (C=O) groups is 1. The largest absolute Gasteiger partial charge is 0.294 e. The Balaban J connectivity index is 3.49. The van der Waals surface area contributed by atoms with Gasteiger partial charge in [-0.15, -0.1) is 0 Å². The fraction of sp³-hybridized carbons (Fsp3) is 0.125. The monoisotopic (exact) mass is 369 g/mol. The summed E-state index contributed by atoms with van der Waals surface area (Å²) in [5, 5.41) is 10.6. The molecule has 0 heterocycles. The standard InChI is InChI=1S/C8H5BrINO3/c1-4(12)7-5(9)2-3-6(8(7)10)11(13)14/h2-3H,1H3. The third-order valence-electron chi connectivity index (χ3n) is 1.62. The van der Waals surface area contributed by atoms with E-state index in [1.54, 1.807) is 22.6 Å². The Morgan fingerprint density at radius 1 is 1.57 bits per heavy atom. The molecule has 0 fully saturated rings. The minimum absolute atomic E-state index is 0.0426. The molecule has 1 rings (SSSR count). The van der Waals surface area contributed by atoms with Gasteiger partial charge in [0, 0.05) is 10.5 Å². The maximum atomic E-state index is 11.2. The highest BCUT2D eigenvalue weighted by Crippen LogP contribution is 2.30. The zero-order valence-corrected chi connectivity index (χ0v) is 10.8. The van der Waals surface area contributed by atoms with Crippen LogP contribution in [-0.4, -0.2) is 10.7 Å². The average molecular weight is 370 g/mol. The molecule has 0 radical (unpaired) electrons. The van der Waals surface area contributed by atoms with E-state index in [1.807, 2.05) is 0 Å². The van der Waals surface area contributed by atoms with Crippen molar-refractivity contribution in [3.05, 3.63) is 35.9 Å². The fourth-order valence-electron chi connectivity index (χ4n) is 1.01. The van der Waals surface area contributed by atoms with Crippen molar-refractivity contribution in [1.29, 1.82) is 0 Å². The second kappa shape index (κ2) is 4.35.